The molecular formula is C11H16N2O2. The standard InChI is InChI=1S/C11H16N2O2/c1-8(9(2)13-14)12-10-4-6-11(15-3)7-5-10/h4-8,12,14H,1-3H3/b13-9+. The largest absolute Gasteiger partial charge is 0.497 e. The summed E-state index contributed by atoms with van der Waals surface area (Å²) in [6, 6.07) is 7.59. The lowest BCUT2D eigenvalue weighted by Gasteiger charge is -2.14. The first-order chi connectivity index (χ1) is 7.17. The van der Waals surface area contributed by atoms with Gasteiger partial charge < -0.3 is 15.3 Å². The van der Waals surface area contributed by atoms with E-state index in [1.807, 2.05) is 31.2 Å². The molecule has 4 nitrogen and oxygen atoms in total. The van der Waals surface area contributed by atoms with Crippen LogP contribution in [-0.4, -0.2) is 24.1 Å². The highest BCUT2D eigenvalue weighted by molar-refractivity contribution is 5.88. The Kier molecular flexibility index (Phi) is 3.97. The fraction of sp³-hybridized carbons (Fsp3) is 0.364. The second-order valence-electron chi connectivity index (χ2n) is 3.34. The van der Waals surface area contributed by atoms with E-state index in [-0.39, 0.29) is 6.04 Å². The molecule has 0 saturated heterocycles. The Morgan fingerprint density at radius 3 is 2.47 bits per heavy atom. The lowest BCUT2D eigenvalue weighted by atomic mass is 10.2. The van der Waals surface area contributed by atoms with E-state index < -0.39 is 0 Å². The van der Waals surface area contributed by atoms with Crippen LogP contribution < -0.4 is 10.1 Å². The second-order valence-corrected chi connectivity index (χ2v) is 3.34. The monoisotopic (exact) mass is 208 g/mol. The van der Waals surface area contributed by atoms with Crippen LogP contribution in [0.2, 0.25) is 0 Å². The molecule has 0 fully saturated rings. The van der Waals surface area contributed by atoms with Crippen molar-refractivity contribution < 1.29 is 9.94 Å². The number of hydrogen-bond acceptors (Lipinski definition) is 4. The number of nitrogens with zero attached hydrogens (tertiary/aromatic N) is 1. The zero-order valence-electron chi connectivity index (χ0n) is 9.19. The number of nitrogens with one attached hydrogen (secondary N) is 1. The van der Waals surface area contributed by atoms with Crippen molar-refractivity contribution >= 4 is 11.4 Å². The van der Waals surface area contributed by atoms with Crippen molar-refractivity contribution in [2.75, 3.05) is 12.4 Å². The predicted octanol–water partition coefficient (Wildman–Crippen LogP) is 2.35. The molecule has 0 spiro atoms. The third-order valence-electron chi connectivity index (χ3n) is 2.26. The van der Waals surface area contributed by atoms with Crippen LogP contribution in [0.1, 0.15) is 13.8 Å². The average molecular weight is 208 g/mol. The quantitative estimate of drug-likeness (QED) is 0.453. The van der Waals surface area contributed by atoms with Crippen molar-refractivity contribution in [1.29, 1.82) is 0 Å². The van der Waals surface area contributed by atoms with Crippen molar-refractivity contribution in [3.05, 3.63) is 24.3 Å². The SMILES string of the molecule is COc1ccc(NC(C)/C(C)=N/O)cc1. The van der Waals surface area contributed by atoms with E-state index in [1.54, 1.807) is 14.0 Å². The van der Waals surface area contributed by atoms with Gasteiger partial charge in [-0.15, -0.1) is 0 Å². The highest BCUT2D eigenvalue weighted by atomic mass is 16.5. The first-order valence-corrected chi connectivity index (χ1v) is 4.76. The molecular weight excluding hydrogens is 192 g/mol. The minimum atomic E-state index is 0.00314. The van der Waals surface area contributed by atoms with Crippen LogP contribution in [-0.2, 0) is 0 Å². The zero-order chi connectivity index (χ0) is 11.3. The number of oxime groups is 1. The summed E-state index contributed by atoms with van der Waals surface area (Å²) in [5, 5.41) is 14.9. The third-order valence-corrected chi connectivity index (χ3v) is 2.26. The van der Waals surface area contributed by atoms with Crippen LogP contribution in [0.15, 0.2) is 29.4 Å². The molecule has 1 rings (SSSR count). The molecule has 0 radical (unpaired) electrons. The van der Waals surface area contributed by atoms with Gasteiger partial charge in [0.2, 0.25) is 0 Å². The van der Waals surface area contributed by atoms with Gasteiger partial charge in [-0.25, -0.2) is 0 Å². The maximum Gasteiger partial charge on any atom is 0.119 e. The summed E-state index contributed by atoms with van der Waals surface area (Å²) in [5.74, 6) is 0.820. The smallest absolute Gasteiger partial charge is 0.119 e. The lowest BCUT2D eigenvalue weighted by Crippen LogP contribution is -2.23. The van der Waals surface area contributed by atoms with Crippen LogP contribution in [0.4, 0.5) is 5.69 Å². The first-order valence-electron chi connectivity index (χ1n) is 4.76. The van der Waals surface area contributed by atoms with Gasteiger partial charge in [0.15, 0.2) is 0 Å². The van der Waals surface area contributed by atoms with Crippen molar-refractivity contribution in [2.45, 2.75) is 19.9 Å². The minimum Gasteiger partial charge on any atom is -0.497 e. The Balaban J connectivity index is 2.65. The molecule has 0 aliphatic carbocycles. The van der Waals surface area contributed by atoms with Gasteiger partial charge in [0.05, 0.1) is 18.9 Å². The summed E-state index contributed by atoms with van der Waals surface area (Å²) < 4.78 is 5.05. The van der Waals surface area contributed by atoms with Crippen molar-refractivity contribution in [3.8, 4) is 5.75 Å². The molecule has 2 N–H and O–H groups in total. The van der Waals surface area contributed by atoms with E-state index in [4.69, 9.17) is 9.94 Å². The lowest BCUT2D eigenvalue weighted by molar-refractivity contribution is 0.317. The summed E-state index contributed by atoms with van der Waals surface area (Å²) >= 11 is 0. The first kappa shape index (κ1) is 11.4. The predicted molar refractivity (Wildman–Crippen MR) is 61.0 cm³/mol. The topological polar surface area (TPSA) is 53.8 Å². The fourth-order valence-corrected chi connectivity index (χ4v) is 1.13. The van der Waals surface area contributed by atoms with Gasteiger partial charge in [-0.05, 0) is 38.1 Å². The maximum atomic E-state index is 8.59. The summed E-state index contributed by atoms with van der Waals surface area (Å²) in [7, 11) is 1.63. The van der Waals surface area contributed by atoms with E-state index in [0.29, 0.717) is 5.71 Å². The van der Waals surface area contributed by atoms with Crippen LogP contribution in [0.25, 0.3) is 0 Å². The Bertz CT molecular complexity index is 333. The van der Waals surface area contributed by atoms with Gasteiger partial charge in [0.25, 0.3) is 0 Å². The average Bonchev–Trinajstić information content (AvgIpc) is 2.29. The molecule has 0 amide bonds. The Labute approximate surface area is 89.6 Å². The Hall–Kier alpha value is -1.71. The van der Waals surface area contributed by atoms with E-state index in [1.165, 1.54) is 0 Å². The highest BCUT2D eigenvalue weighted by Gasteiger charge is 2.05. The number of anilines is 1. The molecule has 0 heterocycles. The van der Waals surface area contributed by atoms with Crippen LogP contribution in [0.5, 0.6) is 5.75 Å². The number of hydrogen-bond donors (Lipinski definition) is 2. The van der Waals surface area contributed by atoms with Crippen LogP contribution >= 0.6 is 0 Å². The molecule has 0 aliphatic heterocycles. The molecule has 15 heavy (non-hydrogen) atoms. The van der Waals surface area contributed by atoms with Crippen LogP contribution in [0.3, 0.4) is 0 Å². The molecule has 82 valence electrons. The molecule has 0 aliphatic rings. The molecule has 1 unspecified atom stereocenters. The van der Waals surface area contributed by atoms with Gasteiger partial charge in [0.1, 0.15) is 5.75 Å². The van der Waals surface area contributed by atoms with Gasteiger partial charge >= 0.3 is 0 Å². The van der Waals surface area contributed by atoms with Gasteiger partial charge in [-0.2, -0.15) is 0 Å². The van der Waals surface area contributed by atoms with Crippen LogP contribution in [0, 0.1) is 0 Å². The maximum absolute atomic E-state index is 8.59. The highest BCUT2D eigenvalue weighted by Crippen LogP contribution is 2.15. The normalized spacial score (nSPS) is 13.4. The minimum absolute atomic E-state index is 0.00314. The van der Waals surface area contributed by atoms with Crippen molar-refractivity contribution in [3.63, 3.8) is 0 Å². The molecule has 4 heteroatoms. The Morgan fingerprint density at radius 1 is 1.40 bits per heavy atom. The van der Waals surface area contributed by atoms with Gasteiger partial charge in [-0.1, -0.05) is 5.16 Å². The molecule has 1 aromatic rings. The van der Waals surface area contributed by atoms with E-state index in [9.17, 15) is 0 Å². The van der Waals surface area contributed by atoms with E-state index in [0.717, 1.165) is 11.4 Å². The van der Waals surface area contributed by atoms with E-state index >= 15 is 0 Å². The number of methoxy groups -OCH3 is 1. The van der Waals surface area contributed by atoms with Gasteiger partial charge in [-0.3, -0.25) is 0 Å². The molecule has 0 saturated carbocycles. The molecule has 1 atom stereocenters. The molecule has 1 aromatic carbocycles. The summed E-state index contributed by atoms with van der Waals surface area (Å²) in [6.45, 7) is 3.69. The molecule has 0 aromatic heterocycles. The van der Waals surface area contributed by atoms with Gasteiger partial charge in [0, 0.05) is 5.69 Å². The summed E-state index contributed by atoms with van der Waals surface area (Å²) in [6.07, 6.45) is 0. The molecule has 0 bridgehead atoms. The number of rotatable bonds is 4. The number of ether oxygens (including phenoxy) is 1. The van der Waals surface area contributed by atoms with Crippen molar-refractivity contribution in [1.82, 2.24) is 0 Å². The van der Waals surface area contributed by atoms with E-state index in [2.05, 4.69) is 10.5 Å². The van der Waals surface area contributed by atoms with Crippen molar-refractivity contribution in [2.24, 2.45) is 5.16 Å². The zero-order valence-corrected chi connectivity index (χ0v) is 9.19. The number of benzene rings is 1. The Morgan fingerprint density at radius 2 is 2.00 bits per heavy atom. The fourth-order valence-electron chi connectivity index (χ4n) is 1.13. The summed E-state index contributed by atoms with van der Waals surface area (Å²) in [4.78, 5) is 0. The second kappa shape index (κ2) is 5.24. The third kappa shape index (κ3) is 3.16. The summed E-state index contributed by atoms with van der Waals surface area (Å²) in [5.41, 5.74) is 1.61.